The Hall–Kier alpha value is -1.18. The fourth-order valence-corrected chi connectivity index (χ4v) is 3.76. The predicted octanol–water partition coefficient (Wildman–Crippen LogP) is 1.80. The molecule has 0 aliphatic rings. The molecule has 0 unspecified atom stereocenters. The van der Waals surface area contributed by atoms with E-state index in [1.807, 2.05) is 34.6 Å². The van der Waals surface area contributed by atoms with E-state index in [9.17, 15) is 8.42 Å². The van der Waals surface area contributed by atoms with Crippen LogP contribution in [0.15, 0.2) is 17.7 Å². The molecule has 120 valence electrons. The summed E-state index contributed by atoms with van der Waals surface area (Å²) in [7, 11) is -3.64. The highest BCUT2D eigenvalue weighted by Gasteiger charge is 2.31. The number of hydrogen-bond acceptors (Lipinski definition) is 4. The Morgan fingerprint density at radius 2 is 2.00 bits per heavy atom. The minimum atomic E-state index is -3.64. The van der Waals surface area contributed by atoms with Crippen LogP contribution in [0.3, 0.4) is 0 Å². The van der Waals surface area contributed by atoms with Crippen LogP contribution >= 0.6 is 0 Å². The molecule has 1 rings (SSSR count). The SMILES string of the molecule is C=CCN(C(C)C)S(=O)(=O)c1n[nH]c(C)c1CNC(C)C. The summed E-state index contributed by atoms with van der Waals surface area (Å²) in [5, 5.41) is 10.1. The average Bonchev–Trinajstić information content (AvgIpc) is 2.74. The van der Waals surface area contributed by atoms with Gasteiger partial charge >= 0.3 is 0 Å². The largest absolute Gasteiger partial charge is 0.310 e. The number of aromatic amines is 1. The molecule has 0 radical (unpaired) electrons. The topological polar surface area (TPSA) is 78.1 Å². The highest BCUT2D eigenvalue weighted by molar-refractivity contribution is 7.89. The first kappa shape index (κ1) is 17.9. The van der Waals surface area contributed by atoms with Gasteiger partial charge in [-0.1, -0.05) is 19.9 Å². The first-order chi connectivity index (χ1) is 9.71. The number of aryl methyl sites for hydroxylation is 1. The number of hydrogen-bond donors (Lipinski definition) is 2. The molecular formula is C14H26N4O2S. The predicted molar refractivity (Wildman–Crippen MR) is 84.5 cm³/mol. The molecule has 0 aromatic carbocycles. The van der Waals surface area contributed by atoms with Crippen LogP contribution < -0.4 is 5.32 Å². The van der Waals surface area contributed by atoms with Crippen molar-refractivity contribution in [2.24, 2.45) is 0 Å². The third kappa shape index (κ3) is 4.15. The molecule has 0 bridgehead atoms. The average molecular weight is 314 g/mol. The highest BCUT2D eigenvalue weighted by Crippen LogP contribution is 2.22. The van der Waals surface area contributed by atoms with E-state index >= 15 is 0 Å². The lowest BCUT2D eigenvalue weighted by atomic mass is 10.2. The Morgan fingerprint density at radius 1 is 1.38 bits per heavy atom. The fraction of sp³-hybridized carbons (Fsp3) is 0.643. The minimum Gasteiger partial charge on any atom is -0.310 e. The molecule has 0 amide bonds. The van der Waals surface area contributed by atoms with Crippen molar-refractivity contribution in [3.63, 3.8) is 0 Å². The molecule has 1 aromatic rings. The lowest BCUT2D eigenvalue weighted by Gasteiger charge is -2.24. The molecule has 0 spiro atoms. The normalized spacial score (nSPS) is 12.6. The molecular weight excluding hydrogens is 288 g/mol. The van der Waals surface area contributed by atoms with Gasteiger partial charge in [-0.05, 0) is 20.8 Å². The zero-order valence-electron chi connectivity index (χ0n) is 13.5. The molecule has 0 fully saturated rings. The van der Waals surface area contributed by atoms with Crippen molar-refractivity contribution in [1.82, 2.24) is 19.8 Å². The van der Waals surface area contributed by atoms with E-state index in [1.54, 1.807) is 6.08 Å². The number of aromatic nitrogens is 2. The molecule has 6 nitrogen and oxygen atoms in total. The van der Waals surface area contributed by atoms with E-state index in [0.717, 1.165) is 5.69 Å². The standard InChI is InChI=1S/C14H26N4O2S/c1-7-8-18(11(4)5)21(19,20)14-13(9-15-10(2)3)12(6)16-17-14/h7,10-11,15H,1,8-9H2,2-6H3,(H,16,17). The second kappa shape index (κ2) is 7.20. The van der Waals surface area contributed by atoms with Crippen molar-refractivity contribution in [2.75, 3.05) is 6.54 Å². The van der Waals surface area contributed by atoms with Crippen LogP contribution in [-0.2, 0) is 16.6 Å². The van der Waals surface area contributed by atoms with Gasteiger partial charge in [0.25, 0.3) is 10.0 Å². The first-order valence-electron chi connectivity index (χ1n) is 7.11. The molecule has 0 aliphatic heterocycles. The zero-order valence-corrected chi connectivity index (χ0v) is 14.3. The first-order valence-corrected chi connectivity index (χ1v) is 8.55. The monoisotopic (exact) mass is 314 g/mol. The van der Waals surface area contributed by atoms with E-state index in [1.165, 1.54) is 4.31 Å². The van der Waals surface area contributed by atoms with Gasteiger partial charge in [0.2, 0.25) is 0 Å². The number of sulfonamides is 1. The lowest BCUT2D eigenvalue weighted by Crippen LogP contribution is -2.38. The van der Waals surface area contributed by atoms with Crippen LogP contribution in [0.2, 0.25) is 0 Å². The number of H-pyrrole nitrogens is 1. The van der Waals surface area contributed by atoms with E-state index in [0.29, 0.717) is 12.1 Å². The van der Waals surface area contributed by atoms with Crippen LogP contribution in [0.5, 0.6) is 0 Å². The summed E-state index contributed by atoms with van der Waals surface area (Å²) in [5.74, 6) is 0. The fourth-order valence-electron chi connectivity index (χ4n) is 1.98. The van der Waals surface area contributed by atoms with Gasteiger partial charge in [-0.2, -0.15) is 9.40 Å². The second-order valence-electron chi connectivity index (χ2n) is 5.63. The van der Waals surface area contributed by atoms with E-state index < -0.39 is 10.0 Å². The molecule has 7 heteroatoms. The third-order valence-corrected chi connectivity index (χ3v) is 5.18. The Bertz CT molecular complexity index is 576. The van der Waals surface area contributed by atoms with Crippen LogP contribution in [-0.4, -0.2) is 41.5 Å². The van der Waals surface area contributed by atoms with Gasteiger partial charge in [0.1, 0.15) is 0 Å². The van der Waals surface area contributed by atoms with Crippen molar-refractivity contribution < 1.29 is 8.42 Å². The molecule has 0 saturated carbocycles. The van der Waals surface area contributed by atoms with Gasteiger partial charge in [-0.15, -0.1) is 6.58 Å². The molecule has 0 saturated heterocycles. The molecule has 2 N–H and O–H groups in total. The van der Waals surface area contributed by atoms with Gasteiger partial charge in [-0.25, -0.2) is 8.42 Å². The molecule has 0 atom stereocenters. The van der Waals surface area contributed by atoms with Crippen LogP contribution in [0.4, 0.5) is 0 Å². The lowest BCUT2D eigenvalue weighted by molar-refractivity contribution is 0.380. The maximum absolute atomic E-state index is 12.8. The Kier molecular flexibility index (Phi) is 6.12. The summed E-state index contributed by atoms with van der Waals surface area (Å²) in [5.41, 5.74) is 1.46. The molecule has 21 heavy (non-hydrogen) atoms. The summed E-state index contributed by atoms with van der Waals surface area (Å²) in [6, 6.07) is 0.111. The van der Waals surface area contributed by atoms with Crippen molar-refractivity contribution in [2.45, 2.75) is 58.3 Å². The van der Waals surface area contributed by atoms with Gasteiger partial charge < -0.3 is 5.32 Å². The maximum Gasteiger partial charge on any atom is 0.263 e. The number of rotatable bonds is 8. The van der Waals surface area contributed by atoms with E-state index in [2.05, 4.69) is 22.1 Å². The van der Waals surface area contributed by atoms with Crippen molar-refractivity contribution in [1.29, 1.82) is 0 Å². The van der Waals surface area contributed by atoms with Gasteiger partial charge in [0.15, 0.2) is 5.03 Å². The summed E-state index contributed by atoms with van der Waals surface area (Å²) >= 11 is 0. The Balaban J connectivity index is 3.21. The van der Waals surface area contributed by atoms with E-state index in [4.69, 9.17) is 0 Å². The van der Waals surface area contributed by atoms with Crippen molar-refractivity contribution in [3.8, 4) is 0 Å². The quantitative estimate of drug-likeness (QED) is 0.717. The van der Waals surface area contributed by atoms with Crippen LogP contribution in [0, 0.1) is 6.92 Å². The van der Waals surface area contributed by atoms with Crippen molar-refractivity contribution in [3.05, 3.63) is 23.9 Å². The highest BCUT2D eigenvalue weighted by atomic mass is 32.2. The van der Waals surface area contributed by atoms with Gasteiger partial charge in [0.05, 0.1) is 0 Å². The second-order valence-corrected chi connectivity index (χ2v) is 7.43. The summed E-state index contributed by atoms with van der Waals surface area (Å²) < 4.78 is 27.0. The smallest absolute Gasteiger partial charge is 0.263 e. The number of nitrogens with one attached hydrogen (secondary N) is 2. The summed E-state index contributed by atoms with van der Waals surface area (Å²) in [6.07, 6.45) is 1.59. The van der Waals surface area contributed by atoms with Crippen molar-refractivity contribution >= 4 is 10.0 Å². The zero-order chi connectivity index (χ0) is 16.2. The summed E-state index contributed by atoms with van der Waals surface area (Å²) in [6.45, 7) is 13.9. The molecule has 1 aromatic heterocycles. The third-order valence-electron chi connectivity index (χ3n) is 3.16. The molecule has 0 aliphatic carbocycles. The minimum absolute atomic E-state index is 0.101. The number of nitrogens with zero attached hydrogens (tertiary/aromatic N) is 2. The Labute approximate surface area is 127 Å². The van der Waals surface area contributed by atoms with E-state index in [-0.39, 0.29) is 23.7 Å². The van der Waals surface area contributed by atoms with Gasteiger partial charge in [-0.3, -0.25) is 5.10 Å². The summed E-state index contributed by atoms with van der Waals surface area (Å²) in [4.78, 5) is 0. The Morgan fingerprint density at radius 3 is 2.48 bits per heavy atom. The van der Waals surface area contributed by atoms with Crippen LogP contribution in [0.25, 0.3) is 0 Å². The van der Waals surface area contributed by atoms with Gasteiger partial charge in [0, 0.05) is 36.4 Å². The maximum atomic E-state index is 12.8. The van der Waals surface area contributed by atoms with Crippen LogP contribution in [0.1, 0.15) is 39.0 Å². The molecule has 1 heterocycles.